The summed E-state index contributed by atoms with van der Waals surface area (Å²) in [5.74, 6) is 1.23. The van der Waals surface area contributed by atoms with Gasteiger partial charge in [-0.3, -0.25) is 5.41 Å². The van der Waals surface area contributed by atoms with E-state index in [0.717, 1.165) is 25.1 Å². The molecule has 0 aliphatic heterocycles. The van der Waals surface area contributed by atoms with E-state index in [4.69, 9.17) is 5.41 Å². The number of para-hydroxylation sites is 1. The Hall–Kier alpha value is -2.09. The Kier molecular flexibility index (Phi) is 5.76. The van der Waals surface area contributed by atoms with Gasteiger partial charge in [-0.05, 0) is 36.5 Å². The van der Waals surface area contributed by atoms with Gasteiger partial charge in [0, 0.05) is 18.7 Å². The van der Waals surface area contributed by atoms with Gasteiger partial charge in [0.2, 0.25) is 0 Å². The smallest absolute Gasteiger partial charge is 0.101 e. The van der Waals surface area contributed by atoms with Crippen LogP contribution in [-0.2, 0) is 6.42 Å². The topological polar surface area (TPSA) is 27.1 Å². The predicted octanol–water partition coefficient (Wildman–Crippen LogP) is 5.07. The molecule has 22 heavy (non-hydrogen) atoms. The minimum atomic E-state index is 0.525. The van der Waals surface area contributed by atoms with Crippen molar-refractivity contribution in [3.05, 3.63) is 65.7 Å². The molecule has 0 aliphatic rings. The van der Waals surface area contributed by atoms with Gasteiger partial charge < -0.3 is 4.90 Å². The van der Waals surface area contributed by atoms with E-state index >= 15 is 0 Å². The number of nitrogens with one attached hydrogen (secondary N) is 1. The minimum absolute atomic E-state index is 0.525. The monoisotopic (exact) mass is 294 g/mol. The molecule has 0 aromatic heterocycles. The number of nitrogens with zero attached hydrogens (tertiary/aromatic N) is 1. The molecule has 0 saturated heterocycles. The number of amidine groups is 1. The number of aryl methyl sites for hydroxylation is 2. The van der Waals surface area contributed by atoms with Gasteiger partial charge in [0.05, 0.1) is 0 Å². The molecule has 1 N–H and O–H groups in total. The molecule has 0 radical (unpaired) electrons. The molecule has 116 valence electrons. The molecule has 0 heterocycles. The average molecular weight is 294 g/mol. The summed E-state index contributed by atoms with van der Waals surface area (Å²) in [4.78, 5) is 2.17. The number of benzene rings is 2. The Balaban J connectivity index is 2.11. The Bertz CT molecular complexity index is 602. The molecule has 0 fully saturated rings. The standard InChI is InChI=1S/C20H26N2/c1-16(2)15-22(19-12-8-7-9-17(19)3)20(21)14-13-18-10-5-4-6-11-18/h4-12,16,21H,13-15H2,1-3H3. The second kappa shape index (κ2) is 7.79. The van der Waals surface area contributed by atoms with Crippen LogP contribution in [0.3, 0.4) is 0 Å². The van der Waals surface area contributed by atoms with Gasteiger partial charge in [0.25, 0.3) is 0 Å². The van der Waals surface area contributed by atoms with Crippen LogP contribution in [0.25, 0.3) is 0 Å². The van der Waals surface area contributed by atoms with Crippen LogP contribution in [0.1, 0.15) is 31.4 Å². The fourth-order valence-electron chi connectivity index (χ4n) is 2.63. The van der Waals surface area contributed by atoms with Gasteiger partial charge in [0.1, 0.15) is 5.84 Å². The highest BCUT2D eigenvalue weighted by atomic mass is 15.2. The summed E-state index contributed by atoms with van der Waals surface area (Å²) in [6.07, 6.45) is 1.69. The highest BCUT2D eigenvalue weighted by molar-refractivity contribution is 5.96. The van der Waals surface area contributed by atoms with E-state index < -0.39 is 0 Å². The zero-order chi connectivity index (χ0) is 15.9. The molecule has 2 heteroatoms. The summed E-state index contributed by atoms with van der Waals surface area (Å²) in [5, 5.41) is 8.55. The lowest BCUT2D eigenvalue weighted by Gasteiger charge is -2.28. The number of rotatable bonds is 6. The van der Waals surface area contributed by atoms with Crippen molar-refractivity contribution in [3.63, 3.8) is 0 Å². The lowest BCUT2D eigenvalue weighted by molar-refractivity contribution is 0.653. The Morgan fingerprint density at radius 3 is 2.27 bits per heavy atom. The van der Waals surface area contributed by atoms with Crippen LogP contribution in [-0.4, -0.2) is 12.4 Å². The van der Waals surface area contributed by atoms with Crippen molar-refractivity contribution in [2.45, 2.75) is 33.6 Å². The molecule has 0 aliphatic carbocycles. The molecule has 2 nitrogen and oxygen atoms in total. The molecule has 2 aromatic rings. The van der Waals surface area contributed by atoms with Gasteiger partial charge in [-0.15, -0.1) is 0 Å². The maximum Gasteiger partial charge on any atom is 0.101 e. The van der Waals surface area contributed by atoms with Crippen LogP contribution in [0.5, 0.6) is 0 Å². The first-order valence-electron chi connectivity index (χ1n) is 8.02. The van der Waals surface area contributed by atoms with Crippen LogP contribution >= 0.6 is 0 Å². The largest absolute Gasteiger partial charge is 0.330 e. The SMILES string of the molecule is Cc1ccccc1N(CC(C)C)C(=N)CCc1ccccc1. The molecule has 0 atom stereocenters. The van der Waals surface area contributed by atoms with Crippen molar-refractivity contribution in [2.24, 2.45) is 5.92 Å². The Morgan fingerprint density at radius 2 is 1.64 bits per heavy atom. The van der Waals surface area contributed by atoms with E-state index in [2.05, 4.69) is 74.2 Å². The molecule has 2 rings (SSSR count). The quantitative estimate of drug-likeness (QED) is 0.584. The third-order valence-corrected chi connectivity index (χ3v) is 3.77. The third kappa shape index (κ3) is 4.45. The average Bonchev–Trinajstić information content (AvgIpc) is 2.52. The third-order valence-electron chi connectivity index (χ3n) is 3.77. The summed E-state index contributed by atoms with van der Waals surface area (Å²) in [6, 6.07) is 18.8. The zero-order valence-corrected chi connectivity index (χ0v) is 13.8. The minimum Gasteiger partial charge on any atom is -0.330 e. The number of hydrogen-bond donors (Lipinski definition) is 1. The zero-order valence-electron chi connectivity index (χ0n) is 13.8. The Labute approximate surface area is 134 Å². The molecule has 0 unspecified atom stereocenters. The van der Waals surface area contributed by atoms with Crippen LogP contribution in [0.2, 0.25) is 0 Å². The highest BCUT2D eigenvalue weighted by Crippen LogP contribution is 2.22. The van der Waals surface area contributed by atoms with Crippen molar-refractivity contribution in [1.29, 1.82) is 5.41 Å². The fraction of sp³-hybridized carbons (Fsp3) is 0.350. The molecule has 0 spiro atoms. The number of anilines is 1. The molecular weight excluding hydrogens is 268 g/mol. The Morgan fingerprint density at radius 1 is 1.00 bits per heavy atom. The second-order valence-corrected chi connectivity index (χ2v) is 6.22. The summed E-state index contributed by atoms with van der Waals surface area (Å²) in [7, 11) is 0. The van der Waals surface area contributed by atoms with Crippen molar-refractivity contribution < 1.29 is 0 Å². The van der Waals surface area contributed by atoms with Gasteiger partial charge in [-0.1, -0.05) is 62.4 Å². The van der Waals surface area contributed by atoms with Gasteiger partial charge in [-0.2, -0.15) is 0 Å². The first kappa shape index (κ1) is 16.3. The van der Waals surface area contributed by atoms with E-state index in [1.807, 2.05) is 6.07 Å². The van der Waals surface area contributed by atoms with Crippen molar-refractivity contribution in [1.82, 2.24) is 0 Å². The highest BCUT2D eigenvalue weighted by Gasteiger charge is 2.15. The normalized spacial score (nSPS) is 10.7. The van der Waals surface area contributed by atoms with E-state index in [1.54, 1.807) is 0 Å². The summed E-state index contributed by atoms with van der Waals surface area (Å²) in [5.41, 5.74) is 3.68. The number of hydrogen-bond acceptors (Lipinski definition) is 1. The van der Waals surface area contributed by atoms with Gasteiger partial charge >= 0.3 is 0 Å². The first-order valence-corrected chi connectivity index (χ1v) is 8.02. The second-order valence-electron chi connectivity index (χ2n) is 6.22. The maximum absolute atomic E-state index is 8.55. The molecular formula is C20H26N2. The van der Waals surface area contributed by atoms with E-state index in [9.17, 15) is 0 Å². The van der Waals surface area contributed by atoms with Crippen molar-refractivity contribution in [2.75, 3.05) is 11.4 Å². The summed E-state index contributed by atoms with van der Waals surface area (Å²) < 4.78 is 0. The van der Waals surface area contributed by atoms with Crippen molar-refractivity contribution in [3.8, 4) is 0 Å². The molecule has 0 saturated carbocycles. The molecule has 2 aromatic carbocycles. The van der Waals surface area contributed by atoms with Crippen LogP contribution in [0, 0.1) is 18.3 Å². The van der Waals surface area contributed by atoms with Crippen molar-refractivity contribution >= 4 is 11.5 Å². The van der Waals surface area contributed by atoms with Gasteiger partial charge in [0.15, 0.2) is 0 Å². The molecule has 0 amide bonds. The van der Waals surface area contributed by atoms with Crippen LogP contribution in [0.15, 0.2) is 54.6 Å². The van der Waals surface area contributed by atoms with E-state index in [0.29, 0.717) is 11.8 Å². The van der Waals surface area contributed by atoms with Crippen LogP contribution in [0.4, 0.5) is 5.69 Å². The fourth-order valence-corrected chi connectivity index (χ4v) is 2.63. The lowest BCUT2D eigenvalue weighted by atomic mass is 10.1. The first-order chi connectivity index (χ1) is 10.6. The van der Waals surface area contributed by atoms with Gasteiger partial charge in [-0.25, -0.2) is 0 Å². The summed E-state index contributed by atoms with van der Waals surface area (Å²) >= 11 is 0. The lowest BCUT2D eigenvalue weighted by Crippen LogP contribution is -2.34. The maximum atomic E-state index is 8.55. The van der Waals surface area contributed by atoms with Crippen LogP contribution < -0.4 is 4.90 Å². The predicted molar refractivity (Wildman–Crippen MR) is 95.9 cm³/mol. The molecule has 0 bridgehead atoms. The van der Waals surface area contributed by atoms with E-state index in [1.165, 1.54) is 11.1 Å². The summed E-state index contributed by atoms with van der Waals surface area (Å²) in [6.45, 7) is 7.41. The van der Waals surface area contributed by atoms with E-state index in [-0.39, 0.29) is 0 Å².